The van der Waals surface area contributed by atoms with Gasteiger partial charge in [0, 0.05) is 13.5 Å². The van der Waals surface area contributed by atoms with Crippen molar-refractivity contribution >= 4 is 17.7 Å². The van der Waals surface area contributed by atoms with Crippen molar-refractivity contribution in [3.63, 3.8) is 0 Å². The Balaban J connectivity index is 4.40. The highest BCUT2D eigenvalue weighted by molar-refractivity contribution is 5.91. The maximum Gasteiger partial charge on any atom is 0.242 e. The lowest BCUT2D eigenvalue weighted by molar-refractivity contribution is -0.131. The Morgan fingerprint density at radius 2 is 1.00 bits per heavy atom. The smallest absolute Gasteiger partial charge is 0.242 e. The van der Waals surface area contributed by atoms with Gasteiger partial charge in [-0.25, -0.2) is 0 Å². The number of unbranched alkanes of at least 4 members (excludes halogenated alkanes) is 12. The first kappa shape index (κ1) is 32.4. The third kappa shape index (κ3) is 18.8. The van der Waals surface area contributed by atoms with E-state index in [2.05, 4.69) is 29.8 Å². The molecule has 0 aromatic rings. The average molecular weight is 482 g/mol. The molecule has 0 saturated heterocycles. The molecule has 6 heteroatoms. The van der Waals surface area contributed by atoms with Crippen LogP contribution in [-0.4, -0.2) is 36.3 Å². The van der Waals surface area contributed by atoms with E-state index in [-0.39, 0.29) is 17.7 Å². The van der Waals surface area contributed by atoms with E-state index in [9.17, 15) is 14.4 Å². The summed E-state index contributed by atoms with van der Waals surface area (Å²) in [5, 5.41) is 8.30. The Morgan fingerprint density at radius 3 is 1.44 bits per heavy atom. The Hall–Kier alpha value is -1.59. The van der Waals surface area contributed by atoms with Crippen LogP contribution >= 0.6 is 0 Å². The zero-order valence-corrected chi connectivity index (χ0v) is 23.0. The number of nitrogens with one attached hydrogen (secondary N) is 3. The van der Waals surface area contributed by atoms with Gasteiger partial charge in [-0.15, -0.1) is 0 Å². The van der Waals surface area contributed by atoms with Crippen molar-refractivity contribution in [3.05, 3.63) is 0 Å². The molecule has 3 N–H and O–H groups in total. The molecule has 0 fully saturated rings. The molecule has 0 saturated carbocycles. The van der Waals surface area contributed by atoms with Crippen LogP contribution in [0.1, 0.15) is 137 Å². The van der Waals surface area contributed by atoms with Crippen LogP contribution in [-0.2, 0) is 14.4 Å². The normalized spacial score (nSPS) is 13.7. The molecule has 0 aromatic heterocycles. The minimum absolute atomic E-state index is 0.160. The Labute approximate surface area is 210 Å². The predicted molar refractivity (Wildman–Crippen MR) is 143 cm³/mol. The van der Waals surface area contributed by atoms with Crippen molar-refractivity contribution < 1.29 is 14.4 Å². The minimum atomic E-state index is -0.657. The first-order valence-electron chi connectivity index (χ1n) is 14.2. The molecule has 6 nitrogen and oxygen atoms in total. The fraction of sp³-hybridized carbons (Fsp3) is 0.893. The van der Waals surface area contributed by atoms with E-state index in [1.165, 1.54) is 96.8 Å². The van der Waals surface area contributed by atoms with Gasteiger partial charge in [0.15, 0.2) is 0 Å². The molecule has 3 amide bonds. The van der Waals surface area contributed by atoms with Crippen molar-refractivity contribution in [2.75, 3.05) is 6.54 Å². The number of carbonyl (C=O) groups excluding carboxylic acids is 3. The van der Waals surface area contributed by atoms with Gasteiger partial charge in [-0.05, 0) is 32.6 Å². The van der Waals surface area contributed by atoms with Gasteiger partial charge in [0.2, 0.25) is 17.7 Å². The number of hydrogen-bond acceptors (Lipinski definition) is 3. The Morgan fingerprint density at radius 1 is 0.588 bits per heavy atom. The van der Waals surface area contributed by atoms with Crippen LogP contribution in [0.2, 0.25) is 0 Å². The van der Waals surface area contributed by atoms with Gasteiger partial charge in [-0.2, -0.15) is 0 Å². The summed E-state index contributed by atoms with van der Waals surface area (Å²) in [5.74, 6) is -0.276. The number of rotatable bonds is 22. The van der Waals surface area contributed by atoms with Crippen LogP contribution in [0.25, 0.3) is 0 Å². The van der Waals surface area contributed by atoms with Gasteiger partial charge in [0.25, 0.3) is 0 Å². The van der Waals surface area contributed by atoms with E-state index >= 15 is 0 Å². The Kier molecular flexibility index (Phi) is 20.9. The second kappa shape index (κ2) is 21.9. The first-order chi connectivity index (χ1) is 16.3. The standard InChI is InChI=1S/C28H55N3O3/c1-6-8-10-12-14-15-17-19-21-26(20-18-16-13-11-9-7-2)22-29-27(33)23(3)31-28(34)24(4)30-25(5)32/h23-24,26H,6-22H2,1-5H3,(H,29,33)(H,30,32)(H,31,34)/t23-,24-,26?/m0/s1. The minimum Gasteiger partial charge on any atom is -0.354 e. The summed E-state index contributed by atoms with van der Waals surface area (Å²) < 4.78 is 0. The third-order valence-electron chi connectivity index (χ3n) is 6.56. The predicted octanol–water partition coefficient (Wildman–Crippen LogP) is 6.03. The Bertz CT molecular complexity index is 539. The van der Waals surface area contributed by atoms with Crippen molar-refractivity contribution in [1.29, 1.82) is 0 Å². The summed E-state index contributed by atoms with van der Waals surface area (Å²) in [7, 11) is 0. The molecule has 0 heterocycles. The third-order valence-corrected chi connectivity index (χ3v) is 6.56. The fourth-order valence-electron chi connectivity index (χ4n) is 4.30. The molecule has 0 aliphatic heterocycles. The fourth-order valence-corrected chi connectivity index (χ4v) is 4.30. The maximum atomic E-state index is 12.6. The molecule has 0 aromatic carbocycles. The van der Waals surface area contributed by atoms with Gasteiger partial charge in [-0.1, -0.05) is 104 Å². The van der Waals surface area contributed by atoms with Gasteiger partial charge in [0.05, 0.1) is 0 Å². The summed E-state index contributed by atoms with van der Waals surface area (Å²) in [6.45, 7) is 9.84. The molecule has 0 aliphatic rings. The van der Waals surface area contributed by atoms with E-state index in [0.717, 1.165) is 12.8 Å². The molecule has 0 bridgehead atoms. The SMILES string of the molecule is CCCCCCCCCCC(CCCCCCCC)CNC(=O)[C@H](C)NC(=O)[C@H](C)NC(C)=O. The second-order valence-electron chi connectivity index (χ2n) is 10.1. The number of amides is 3. The van der Waals surface area contributed by atoms with Crippen molar-refractivity contribution in [2.45, 2.75) is 149 Å². The molecule has 0 spiro atoms. The molecule has 3 atom stereocenters. The highest BCUT2D eigenvalue weighted by Crippen LogP contribution is 2.19. The van der Waals surface area contributed by atoms with E-state index in [0.29, 0.717) is 12.5 Å². The van der Waals surface area contributed by atoms with Gasteiger partial charge < -0.3 is 16.0 Å². The molecule has 200 valence electrons. The molecule has 0 radical (unpaired) electrons. The van der Waals surface area contributed by atoms with Crippen LogP contribution in [0.4, 0.5) is 0 Å². The molecular weight excluding hydrogens is 426 g/mol. The highest BCUT2D eigenvalue weighted by atomic mass is 16.2. The van der Waals surface area contributed by atoms with Crippen molar-refractivity contribution in [3.8, 4) is 0 Å². The second-order valence-corrected chi connectivity index (χ2v) is 10.1. The monoisotopic (exact) mass is 481 g/mol. The lowest BCUT2D eigenvalue weighted by Crippen LogP contribution is -2.51. The molecule has 0 aliphatic carbocycles. The van der Waals surface area contributed by atoms with E-state index < -0.39 is 12.1 Å². The van der Waals surface area contributed by atoms with Crippen LogP contribution in [0.15, 0.2) is 0 Å². The lowest BCUT2D eigenvalue weighted by Gasteiger charge is -2.21. The summed E-state index contributed by atoms with van der Waals surface area (Å²) in [4.78, 5) is 35.9. The molecule has 0 rings (SSSR count). The number of carbonyl (C=O) groups is 3. The topological polar surface area (TPSA) is 87.3 Å². The summed E-state index contributed by atoms with van der Waals surface area (Å²) in [5.41, 5.74) is 0. The zero-order chi connectivity index (χ0) is 25.6. The lowest BCUT2D eigenvalue weighted by atomic mass is 9.94. The number of hydrogen-bond donors (Lipinski definition) is 3. The molecule has 1 unspecified atom stereocenters. The van der Waals surface area contributed by atoms with Crippen LogP contribution in [0.5, 0.6) is 0 Å². The van der Waals surface area contributed by atoms with E-state index in [1.807, 2.05) is 0 Å². The summed E-state index contributed by atoms with van der Waals surface area (Å²) >= 11 is 0. The summed E-state index contributed by atoms with van der Waals surface area (Å²) in [6, 6.07) is -1.28. The van der Waals surface area contributed by atoms with E-state index in [4.69, 9.17) is 0 Å². The average Bonchev–Trinajstić information content (AvgIpc) is 2.79. The van der Waals surface area contributed by atoms with Gasteiger partial charge in [0.1, 0.15) is 12.1 Å². The van der Waals surface area contributed by atoms with Crippen LogP contribution < -0.4 is 16.0 Å². The summed E-state index contributed by atoms with van der Waals surface area (Å²) in [6.07, 6.45) is 20.6. The molecule has 34 heavy (non-hydrogen) atoms. The first-order valence-corrected chi connectivity index (χ1v) is 14.2. The van der Waals surface area contributed by atoms with Gasteiger partial charge >= 0.3 is 0 Å². The quantitative estimate of drug-likeness (QED) is 0.165. The van der Waals surface area contributed by atoms with Crippen LogP contribution in [0, 0.1) is 5.92 Å². The van der Waals surface area contributed by atoms with Gasteiger partial charge in [-0.3, -0.25) is 14.4 Å². The van der Waals surface area contributed by atoms with Crippen LogP contribution in [0.3, 0.4) is 0 Å². The maximum absolute atomic E-state index is 12.6. The zero-order valence-electron chi connectivity index (χ0n) is 23.0. The van der Waals surface area contributed by atoms with Crippen molar-refractivity contribution in [2.24, 2.45) is 5.92 Å². The highest BCUT2D eigenvalue weighted by Gasteiger charge is 2.20. The van der Waals surface area contributed by atoms with Crippen molar-refractivity contribution in [1.82, 2.24) is 16.0 Å². The van der Waals surface area contributed by atoms with E-state index in [1.54, 1.807) is 13.8 Å². The largest absolute Gasteiger partial charge is 0.354 e. The molecular formula is C28H55N3O3.